The summed E-state index contributed by atoms with van der Waals surface area (Å²) in [6.45, 7) is 5.04. The summed E-state index contributed by atoms with van der Waals surface area (Å²) < 4.78 is 5.09. The Morgan fingerprint density at radius 2 is 2.13 bits per heavy atom. The second-order valence-electron chi connectivity index (χ2n) is 3.07. The van der Waals surface area contributed by atoms with Gasteiger partial charge < -0.3 is 9.64 Å². The molecule has 1 rings (SSSR count). The molecule has 1 aromatic rings. The van der Waals surface area contributed by atoms with Gasteiger partial charge in [-0.25, -0.2) is 0 Å². The molecule has 1 aromatic carbocycles. The first kappa shape index (κ1) is 11.2. The van der Waals surface area contributed by atoms with E-state index >= 15 is 0 Å². The van der Waals surface area contributed by atoms with E-state index in [1.807, 2.05) is 30.3 Å². The first-order valence-corrected chi connectivity index (χ1v) is 4.75. The molecule has 2 nitrogen and oxygen atoms in total. The lowest BCUT2D eigenvalue weighted by molar-refractivity contribution is 0.415. The summed E-state index contributed by atoms with van der Waals surface area (Å²) in [6, 6.07) is 7.81. The second-order valence-corrected chi connectivity index (χ2v) is 3.07. The summed E-state index contributed by atoms with van der Waals surface area (Å²) >= 11 is 0. The van der Waals surface area contributed by atoms with E-state index in [-0.39, 0.29) is 0 Å². The number of ether oxygens (including phenoxy) is 1. The van der Waals surface area contributed by atoms with Gasteiger partial charge in [0, 0.05) is 12.2 Å². The highest BCUT2D eigenvalue weighted by molar-refractivity contribution is 5.50. The number of nitrogens with zero attached hydrogens (tertiary/aromatic N) is 1. The zero-order valence-electron chi connectivity index (χ0n) is 8.94. The maximum absolute atomic E-state index is 5.30. The Labute approximate surface area is 91.2 Å². The van der Waals surface area contributed by atoms with E-state index in [9.17, 15) is 0 Å². The minimum Gasteiger partial charge on any atom is -0.497 e. The van der Waals surface area contributed by atoms with E-state index in [2.05, 4.69) is 17.4 Å². The van der Waals surface area contributed by atoms with Crippen LogP contribution in [0.5, 0.6) is 5.75 Å². The summed E-state index contributed by atoms with van der Waals surface area (Å²) in [5.41, 5.74) is 1.08. The van der Waals surface area contributed by atoms with E-state index in [4.69, 9.17) is 11.2 Å². The topological polar surface area (TPSA) is 12.5 Å². The maximum Gasteiger partial charge on any atom is 0.119 e. The molecule has 0 aliphatic heterocycles. The van der Waals surface area contributed by atoms with Crippen molar-refractivity contribution in [3.8, 4) is 18.1 Å². The number of terminal acetylenes is 1. The molecule has 78 valence electrons. The van der Waals surface area contributed by atoms with Crippen LogP contribution in [0, 0.1) is 12.3 Å². The van der Waals surface area contributed by atoms with E-state index in [1.165, 1.54) is 0 Å². The Balaban J connectivity index is 2.81. The Hall–Kier alpha value is -1.88. The number of methoxy groups -OCH3 is 1. The molecule has 0 spiro atoms. The van der Waals surface area contributed by atoms with Gasteiger partial charge in [-0.3, -0.25) is 0 Å². The van der Waals surface area contributed by atoms with Gasteiger partial charge in [0.05, 0.1) is 13.7 Å². The van der Waals surface area contributed by atoms with Crippen molar-refractivity contribution in [1.29, 1.82) is 0 Å². The highest BCUT2D eigenvalue weighted by Gasteiger charge is 2.02. The lowest BCUT2D eigenvalue weighted by Gasteiger charge is -2.20. The highest BCUT2D eigenvalue weighted by atomic mass is 16.5. The molecule has 0 saturated heterocycles. The van der Waals surface area contributed by atoms with Crippen LogP contribution in [0.1, 0.15) is 0 Å². The molecule has 0 aliphatic rings. The van der Waals surface area contributed by atoms with Crippen LogP contribution in [0.4, 0.5) is 5.69 Å². The van der Waals surface area contributed by atoms with Crippen molar-refractivity contribution >= 4 is 5.69 Å². The molecule has 0 atom stereocenters. The van der Waals surface area contributed by atoms with Crippen LogP contribution in [0.3, 0.4) is 0 Å². The molecule has 15 heavy (non-hydrogen) atoms. The quantitative estimate of drug-likeness (QED) is 0.535. The number of anilines is 1. The summed E-state index contributed by atoms with van der Waals surface area (Å²) in [7, 11) is 1.65. The van der Waals surface area contributed by atoms with Gasteiger partial charge in [-0.05, 0) is 24.3 Å². The predicted octanol–water partition coefficient (Wildman–Crippen LogP) is 2.32. The van der Waals surface area contributed by atoms with Gasteiger partial charge >= 0.3 is 0 Å². The lowest BCUT2D eigenvalue weighted by Crippen LogP contribution is -2.23. The molecular weight excluding hydrogens is 186 g/mol. The smallest absolute Gasteiger partial charge is 0.119 e. The fourth-order valence-corrected chi connectivity index (χ4v) is 1.32. The third-order valence-corrected chi connectivity index (χ3v) is 2.07. The molecule has 0 fully saturated rings. The first-order chi connectivity index (χ1) is 7.31. The molecule has 0 amide bonds. The third-order valence-electron chi connectivity index (χ3n) is 2.07. The second kappa shape index (κ2) is 5.77. The Morgan fingerprint density at radius 3 is 2.60 bits per heavy atom. The normalized spacial score (nSPS) is 9.07. The zero-order chi connectivity index (χ0) is 11.1. The highest BCUT2D eigenvalue weighted by Crippen LogP contribution is 2.18. The summed E-state index contributed by atoms with van der Waals surface area (Å²) in [6.07, 6.45) is 7.14. The number of benzene rings is 1. The molecule has 0 aliphatic carbocycles. The SMILES string of the molecule is C#CCN(CC=C)c1ccc(OC)cc1. The monoisotopic (exact) mass is 201 g/mol. The van der Waals surface area contributed by atoms with Crippen molar-refractivity contribution in [3.63, 3.8) is 0 Å². The van der Waals surface area contributed by atoms with Crippen molar-refractivity contribution < 1.29 is 4.74 Å². The van der Waals surface area contributed by atoms with Crippen molar-refractivity contribution in [2.24, 2.45) is 0 Å². The zero-order valence-corrected chi connectivity index (χ0v) is 8.94. The van der Waals surface area contributed by atoms with E-state index in [0.717, 1.165) is 18.0 Å². The van der Waals surface area contributed by atoms with Gasteiger partial charge in [0.1, 0.15) is 5.75 Å². The molecule has 0 N–H and O–H groups in total. The average Bonchev–Trinajstić information content (AvgIpc) is 2.29. The Bertz CT molecular complexity index is 348. The lowest BCUT2D eigenvalue weighted by atomic mass is 10.2. The van der Waals surface area contributed by atoms with Crippen LogP contribution in [-0.2, 0) is 0 Å². The van der Waals surface area contributed by atoms with Crippen molar-refractivity contribution in [1.82, 2.24) is 0 Å². The standard InChI is InChI=1S/C13H15NO/c1-4-10-14(11-5-2)12-6-8-13(15-3)9-7-12/h1,5-9H,2,10-11H2,3H3. The van der Waals surface area contributed by atoms with Gasteiger partial charge in [-0.15, -0.1) is 13.0 Å². The van der Waals surface area contributed by atoms with Crippen LogP contribution in [0.15, 0.2) is 36.9 Å². The summed E-state index contributed by atoms with van der Waals surface area (Å²) in [5.74, 6) is 3.47. The summed E-state index contributed by atoms with van der Waals surface area (Å²) in [5, 5.41) is 0. The Morgan fingerprint density at radius 1 is 1.47 bits per heavy atom. The average molecular weight is 201 g/mol. The molecule has 0 radical (unpaired) electrons. The van der Waals surface area contributed by atoms with Crippen molar-refractivity contribution in [2.45, 2.75) is 0 Å². The Kier molecular flexibility index (Phi) is 4.30. The van der Waals surface area contributed by atoms with Gasteiger partial charge in [0.2, 0.25) is 0 Å². The fourth-order valence-electron chi connectivity index (χ4n) is 1.32. The van der Waals surface area contributed by atoms with Crippen LogP contribution < -0.4 is 9.64 Å². The maximum atomic E-state index is 5.30. The minimum absolute atomic E-state index is 0.582. The minimum atomic E-state index is 0.582. The van der Waals surface area contributed by atoms with Gasteiger partial charge in [-0.2, -0.15) is 0 Å². The molecule has 0 aromatic heterocycles. The summed E-state index contributed by atoms with van der Waals surface area (Å²) in [4.78, 5) is 2.06. The van der Waals surface area contributed by atoms with E-state index in [0.29, 0.717) is 6.54 Å². The first-order valence-electron chi connectivity index (χ1n) is 4.75. The van der Waals surface area contributed by atoms with Gasteiger partial charge in [-0.1, -0.05) is 12.0 Å². The number of rotatable bonds is 5. The molecule has 0 saturated carbocycles. The third kappa shape index (κ3) is 3.07. The largest absolute Gasteiger partial charge is 0.497 e. The molecular formula is C13H15NO. The molecule has 2 heteroatoms. The van der Waals surface area contributed by atoms with Crippen LogP contribution >= 0.6 is 0 Å². The number of hydrogen-bond donors (Lipinski definition) is 0. The number of hydrogen-bond acceptors (Lipinski definition) is 2. The van der Waals surface area contributed by atoms with Crippen molar-refractivity contribution in [3.05, 3.63) is 36.9 Å². The fraction of sp³-hybridized carbons (Fsp3) is 0.231. The van der Waals surface area contributed by atoms with Crippen LogP contribution in [-0.4, -0.2) is 20.2 Å². The van der Waals surface area contributed by atoms with Crippen LogP contribution in [0.25, 0.3) is 0 Å². The molecule has 0 bridgehead atoms. The molecule has 0 unspecified atom stereocenters. The van der Waals surface area contributed by atoms with Crippen molar-refractivity contribution in [2.75, 3.05) is 25.1 Å². The van der Waals surface area contributed by atoms with E-state index in [1.54, 1.807) is 7.11 Å². The predicted molar refractivity (Wildman–Crippen MR) is 64.2 cm³/mol. The van der Waals surface area contributed by atoms with Gasteiger partial charge in [0.15, 0.2) is 0 Å². The molecule has 0 heterocycles. The van der Waals surface area contributed by atoms with Gasteiger partial charge in [0.25, 0.3) is 0 Å². The van der Waals surface area contributed by atoms with Crippen LogP contribution in [0.2, 0.25) is 0 Å². The van der Waals surface area contributed by atoms with E-state index < -0.39 is 0 Å².